The molecule has 7 heteroatoms. The van der Waals surface area contributed by atoms with Gasteiger partial charge >= 0.3 is 12.1 Å². The van der Waals surface area contributed by atoms with Gasteiger partial charge in [-0.15, -0.1) is 0 Å². The highest BCUT2D eigenvalue weighted by atomic mass is 16.5. The van der Waals surface area contributed by atoms with Gasteiger partial charge in [0.2, 0.25) is 0 Å². The summed E-state index contributed by atoms with van der Waals surface area (Å²) in [7, 11) is 1.56. The first-order valence-corrected chi connectivity index (χ1v) is 11.0. The average Bonchev–Trinajstić information content (AvgIpc) is 2.81. The smallest absolute Gasteiger partial charge is 0.326 e. The highest BCUT2D eigenvalue weighted by molar-refractivity contribution is 6.01. The monoisotopic (exact) mass is 456 g/mol. The normalized spacial score (nSPS) is 12.1. The lowest BCUT2D eigenvalue weighted by Gasteiger charge is -2.25. The average molecular weight is 457 g/mol. The molecule has 0 unspecified atom stereocenters. The number of amides is 4. The molecule has 1 heterocycles. The second-order valence-electron chi connectivity index (χ2n) is 8.34. The van der Waals surface area contributed by atoms with E-state index in [4.69, 9.17) is 4.74 Å². The van der Waals surface area contributed by atoms with Crippen LogP contribution in [-0.4, -0.2) is 24.1 Å². The van der Waals surface area contributed by atoms with Crippen molar-refractivity contribution in [2.45, 2.75) is 27.3 Å². The molecular weight excluding hydrogens is 428 g/mol. The number of aryl methyl sites for hydroxylation is 3. The first-order valence-electron chi connectivity index (χ1n) is 11.0. The number of carbonyl (C=O) groups is 2. The zero-order valence-electron chi connectivity index (χ0n) is 19.7. The van der Waals surface area contributed by atoms with Crippen LogP contribution in [0.4, 0.5) is 26.7 Å². The molecule has 7 nitrogen and oxygen atoms in total. The molecule has 0 radical (unpaired) electrons. The fourth-order valence-corrected chi connectivity index (χ4v) is 3.91. The summed E-state index contributed by atoms with van der Waals surface area (Å²) in [5, 5.41) is 8.70. The van der Waals surface area contributed by atoms with E-state index in [1.54, 1.807) is 18.2 Å². The van der Waals surface area contributed by atoms with Gasteiger partial charge in [-0.05, 0) is 78.9 Å². The van der Waals surface area contributed by atoms with Gasteiger partial charge in [0.15, 0.2) is 0 Å². The molecule has 3 aromatic rings. The Kier molecular flexibility index (Phi) is 6.54. The lowest BCUT2D eigenvalue weighted by molar-refractivity contribution is 0.227. The number of rotatable bonds is 4. The Morgan fingerprint density at radius 3 is 2.41 bits per heavy atom. The predicted molar refractivity (Wildman–Crippen MR) is 136 cm³/mol. The highest BCUT2D eigenvalue weighted by Gasteiger charge is 2.19. The fraction of sp³-hybridized carbons (Fsp3) is 0.185. The minimum atomic E-state index is -0.363. The van der Waals surface area contributed by atoms with E-state index in [1.807, 2.05) is 81.4 Å². The topological polar surface area (TPSA) is 82.7 Å². The highest BCUT2D eigenvalue weighted by Crippen LogP contribution is 2.27. The molecule has 1 aliphatic rings. The number of para-hydroxylation sites is 1. The number of nitrogens with one attached hydrogen (secondary N) is 3. The van der Waals surface area contributed by atoms with Crippen LogP contribution >= 0.6 is 0 Å². The number of fused-ring (bicyclic) bond motifs is 1. The van der Waals surface area contributed by atoms with Gasteiger partial charge in [0.25, 0.3) is 0 Å². The number of urea groups is 2. The zero-order chi connectivity index (χ0) is 24.2. The van der Waals surface area contributed by atoms with Crippen molar-refractivity contribution < 1.29 is 14.3 Å². The van der Waals surface area contributed by atoms with Crippen molar-refractivity contribution in [1.82, 2.24) is 4.90 Å². The molecule has 0 saturated heterocycles. The van der Waals surface area contributed by atoms with E-state index in [0.717, 1.165) is 33.5 Å². The molecule has 4 amide bonds. The van der Waals surface area contributed by atoms with Crippen LogP contribution in [0.15, 0.2) is 60.8 Å². The number of benzene rings is 3. The summed E-state index contributed by atoms with van der Waals surface area (Å²) in [6, 6.07) is 16.6. The molecule has 4 rings (SSSR count). The molecule has 0 spiro atoms. The standard InChI is InChI=1S/C27H28N4O3/c1-17-8-11-24(34-4)23(14-17)29-26(32)28-22-10-9-21-16-31(13-12-20(21)15-22)27(33)30-25-18(2)6-5-7-19(25)3/h5-15H,16H2,1-4H3,(H,30,33)(H2,28,29,32). The van der Waals surface area contributed by atoms with Crippen molar-refractivity contribution in [2.24, 2.45) is 0 Å². The number of nitrogens with zero attached hydrogens (tertiary/aromatic N) is 1. The maximum atomic E-state index is 12.8. The SMILES string of the molecule is COc1ccc(C)cc1NC(=O)Nc1ccc2c(c1)C=CN(C(=O)Nc1c(C)cccc1C)C2. The van der Waals surface area contributed by atoms with Crippen molar-refractivity contribution in [1.29, 1.82) is 0 Å². The lowest BCUT2D eigenvalue weighted by Crippen LogP contribution is -2.32. The van der Waals surface area contributed by atoms with Crippen LogP contribution in [0.25, 0.3) is 6.08 Å². The van der Waals surface area contributed by atoms with Crippen LogP contribution in [0, 0.1) is 20.8 Å². The summed E-state index contributed by atoms with van der Waals surface area (Å²) in [5.74, 6) is 0.591. The molecule has 3 N–H and O–H groups in total. The Morgan fingerprint density at radius 2 is 1.68 bits per heavy atom. The van der Waals surface area contributed by atoms with Gasteiger partial charge in [-0.25, -0.2) is 9.59 Å². The molecule has 34 heavy (non-hydrogen) atoms. The molecule has 0 saturated carbocycles. The van der Waals surface area contributed by atoms with Crippen molar-refractivity contribution in [3.8, 4) is 5.75 Å². The van der Waals surface area contributed by atoms with Gasteiger partial charge in [0.05, 0.1) is 19.3 Å². The summed E-state index contributed by atoms with van der Waals surface area (Å²) in [6.45, 7) is 6.34. The molecule has 174 valence electrons. The Morgan fingerprint density at radius 1 is 0.912 bits per heavy atom. The molecule has 0 atom stereocenters. The molecule has 0 fully saturated rings. The van der Waals surface area contributed by atoms with Crippen molar-refractivity contribution in [2.75, 3.05) is 23.1 Å². The first kappa shape index (κ1) is 22.9. The van der Waals surface area contributed by atoms with Crippen molar-refractivity contribution in [3.63, 3.8) is 0 Å². The van der Waals surface area contributed by atoms with Crippen LogP contribution < -0.4 is 20.7 Å². The number of carbonyl (C=O) groups excluding carboxylic acids is 2. The Bertz CT molecular complexity index is 1260. The summed E-state index contributed by atoms with van der Waals surface area (Å²) in [5.41, 5.74) is 7.08. The maximum absolute atomic E-state index is 12.8. The minimum absolute atomic E-state index is 0.187. The fourth-order valence-electron chi connectivity index (χ4n) is 3.91. The summed E-state index contributed by atoms with van der Waals surface area (Å²) >= 11 is 0. The van der Waals surface area contributed by atoms with Crippen LogP contribution in [0.5, 0.6) is 5.75 Å². The Labute approximate surface area is 199 Å². The summed E-state index contributed by atoms with van der Waals surface area (Å²) in [4.78, 5) is 27.0. The van der Waals surface area contributed by atoms with Gasteiger partial charge in [-0.3, -0.25) is 4.90 Å². The van der Waals surface area contributed by atoms with Gasteiger partial charge in [0, 0.05) is 17.6 Å². The molecular formula is C27H28N4O3. The van der Waals surface area contributed by atoms with Crippen LogP contribution in [-0.2, 0) is 6.54 Å². The van der Waals surface area contributed by atoms with Gasteiger partial charge < -0.3 is 20.7 Å². The Balaban J connectivity index is 1.42. The van der Waals surface area contributed by atoms with E-state index in [1.165, 1.54) is 0 Å². The Hall–Kier alpha value is -4.26. The third kappa shape index (κ3) is 5.04. The molecule has 0 bridgehead atoms. The minimum Gasteiger partial charge on any atom is -0.495 e. The van der Waals surface area contributed by atoms with E-state index in [9.17, 15) is 9.59 Å². The van der Waals surface area contributed by atoms with Crippen molar-refractivity contribution in [3.05, 3.63) is 88.6 Å². The van der Waals surface area contributed by atoms with E-state index in [-0.39, 0.29) is 12.1 Å². The molecule has 0 aromatic heterocycles. The quantitative estimate of drug-likeness (QED) is 0.432. The van der Waals surface area contributed by atoms with Crippen LogP contribution in [0.2, 0.25) is 0 Å². The molecule has 1 aliphatic heterocycles. The maximum Gasteiger partial charge on any atom is 0.326 e. The summed E-state index contributed by atoms with van der Waals surface area (Å²) < 4.78 is 5.32. The number of ether oxygens (including phenoxy) is 1. The van der Waals surface area contributed by atoms with Gasteiger partial charge in [0.1, 0.15) is 5.75 Å². The number of methoxy groups -OCH3 is 1. The van der Waals surface area contributed by atoms with E-state index < -0.39 is 0 Å². The predicted octanol–water partition coefficient (Wildman–Crippen LogP) is 6.28. The van der Waals surface area contributed by atoms with E-state index in [0.29, 0.717) is 23.7 Å². The van der Waals surface area contributed by atoms with Gasteiger partial charge in [-0.2, -0.15) is 0 Å². The van der Waals surface area contributed by atoms with Crippen molar-refractivity contribution >= 4 is 35.2 Å². The molecule has 3 aromatic carbocycles. The number of hydrogen-bond acceptors (Lipinski definition) is 3. The number of anilines is 3. The summed E-state index contributed by atoms with van der Waals surface area (Å²) in [6.07, 6.45) is 3.63. The second kappa shape index (κ2) is 9.70. The van der Waals surface area contributed by atoms with E-state index in [2.05, 4.69) is 16.0 Å². The van der Waals surface area contributed by atoms with Gasteiger partial charge in [-0.1, -0.05) is 30.3 Å². The number of hydrogen-bond donors (Lipinski definition) is 3. The van der Waals surface area contributed by atoms with Crippen LogP contribution in [0.3, 0.4) is 0 Å². The van der Waals surface area contributed by atoms with Crippen LogP contribution in [0.1, 0.15) is 27.8 Å². The lowest BCUT2D eigenvalue weighted by atomic mass is 10.0. The van der Waals surface area contributed by atoms with E-state index >= 15 is 0 Å². The zero-order valence-corrected chi connectivity index (χ0v) is 19.7. The molecule has 0 aliphatic carbocycles. The second-order valence-corrected chi connectivity index (χ2v) is 8.34. The third-order valence-corrected chi connectivity index (χ3v) is 5.76. The first-order chi connectivity index (χ1) is 16.3. The third-order valence-electron chi connectivity index (χ3n) is 5.76. The largest absolute Gasteiger partial charge is 0.495 e.